The molecule has 1 aromatic heterocycles. The van der Waals surface area contributed by atoms with Crippen molar-refractivity contribution in [2.24, 2.45) is 0 Å². The molecule has 1 saturated heterocycles. The number of halogens is 1. The Hall–Kier alpha value is -0.120. The van der Waals surface area contributed by atoms with Crippen molar-refractivity contribution >= 4 is 22.9 Å². The number of thiazole rings is 1. The van der Waals surface area contributed by atoms with Gasteiger partial charge in [-0.25, -0.2) is 4.98 Å². The van der Waals surface area contributed by atoms with Crippen molar-refractivity contribution in [3.8, 4) is 0 Å². The topological polar surface area (TPSA) is 16.1 Å². The molecule has 1 aliphatic rings. The van der Waals surface area contributed by atoms with Gasteiger partial charge in [0, 0.05) is 23.3 Å². The van der Waals surface area contributed by atoms with Gasteiger partial charge in [0.25, 0.3) is 0 Å². The molecule has 0 aromatic carbocycles. The second kappa shape index (κ2) is 4.81. The average Bonchev–Trinajstić information content (AvgIpc) is 2.59. The summed E-state index contributed by atoms with van der Waals surface area (Å²) in [6.07, 6.45) is 2.36. The second-order valence-corrected chi connectivity index (χ2v) is 5.85. The molecule has 1 aliphatic heterocycles. The lowest BCUT2D eigenvalue weighted by Crippen LogP contribution is -2.43. The zero-order valence-electron chi connectivity index (χ0n) is 9.24. The fourth-order valence-corrected chi connectivity index (χ4v) is 2.99. The Morgan fingerprint density at radius 1 is 1.67 bits per heavy atom. The first-order chi connectivity index (χ1) is 7.16. The molecule has 0 amide bonds. The number of alkyl halides is 1. The van der Waals surface area contributed by atoms with Crippen LogP contribution in [0, 0.1) is 6.92 Å². The summed E-state index contributed by atoms with van der Waals surface area (Å²) in [7, 11) is 0. The summed E-state index contributed by atoms with van der Waals surface area (Å²) in [6, 6.07) is 0.474. The molecule has 0 N–H and O–H groups in total. The Morgan fingerprint density at radius 3 is 3.13 bits per heavy atom. The van der Waals surface area contributed by atoms with Crippen molar-refractivity contribution < 1.29 is 0 Å². The van der Waals surface area contributed by atoms with Crippen LogP contribution < -0.4 is 0 Å². The molecule has 0 aliphatic carbocycles. The fourth-order valence-electron chi connectivity index (χ4n) is 2.07. The Bertz CT molecular complexity index is 326. The van der Waals surface area contributed by atoms with Crippen LogP contribution in [0.5, 0.6) is 0 Å². The van der Waals surface area contributed by atoms with Crippen LogP contribution in [0.3, 0.4) is 0 Å². The molecule has 2 nitrogen and oxygen atoms in total. The molecule has 2 rings (SSSR count). The van der Waals surface area contributed by atoms with Crippen LogP contribution in [0.25, 0.3) is 0 Å². The molecule has 2 atom stereocenters. The van der Waals surface area contributed by atoms with E-state index < -0.39 is 0 Å². The van der Waals surface area contributed by atoms with Gasteiger partial charge in [-0.2, -0.15) is 0 Å². The van der Waals surface area contributed by atoms with Crippen molar-refractivity contribution in [2.75, 3.05) is 6.54 Å². The molecule has 15 heavy (non-hydrogen) atoms. The lowest BCUT2D eigenvalue weighted by atomic mass is 10.0. The van der Waals surface area contributed by atoms with Gasteiger partial charge in [-0.15, -0.1) is 22.9 Å². The minimum atomic E-state index is 0.304. The van der Waals surface area contributed by atoms with Crippen LogP contribution in [0.4, 0.5) is 0 Å². The Kier molecular flexibility index (Phi) is 3.65. The number of hydrogen-bond donors (Lipinski definition) is 0. The number of aromatic nitrogens is 1. The van der Waals surface area contributed by atoms with E-state index in [1.165, 1.54) is 12.1 Å². The second-order valence-electron chi connectivity index (χ2n) is 4.23. The van der Waals surface area contributed by atoms with E-state index in [-0.39, 0.29) is 0 Å². The molecule has 2 unspecified atom stereocenters. The summed E-state index contributed by atoms with van der Waals surface area (Å²) < 4.78 is 0. The first-order valence-corrected chi connectivity index (χ1v) is 6.77. The lowest BCUT2D eigenvalue weighted by molar-refractivity contribution is 0.155. The molecule has 0 saturated carbocycles. The van der Waals surface area contributed by atoms with Crippen molar-refractivity contribution in [3.63, 3.8) is 0 Å². The van der Waals surface area contributed by atoms with Gasteiger partial charge in [0.15, 0.2) is 0 Å². The molecule has 1 fully saturated rings. The normalized spacial score (nSPS) is 28.2. The maximum Gasteiger partial charge on any atom is 0.0897 e. The number of nitrogens with zero attached hydrogens (tertiary/aromatic N) is 2. The first-order valence-electron chi connectivity index (χ1n) is 5.46. The molecule has 0 radical (unpaired) electrons. The number of aryl methyl sites for hydroxylation is 1. The van der Waals surface area contributed by atoms with Gasteiger partial charge >= 0.3 is 0 Å². The number of hydrogen-bond acceptors (Lipinski definition) is 3. The molecular formula is C11H17ClN2S. The molecule has 2 heterocycles. The third-order valence-corrected chi connectivity index (χ3v) is 4.46. The maximum absolute atomic E-state index is 6.27. The van der Waals surface area contributed by atoms with Gasteiger partial charge in [0.2, 0.25) is 0 Å². The van der Waals surface area contributed by atoms with E-state index in [0.717, 1.165) is 24.5 Å². The molecule has 0 bridgehead atoms. The van der Waals surface area contributed by atoms with E-state index in [2.05, 4.69) is 29.1 Å². The monoisotopic (exact) mass is 244 g/mol. The summed E-state index contributed by atoms with van der Waals surface area (Å²) in [5.41, 5.74) is 1.19. The van der Waals surface area contributed by atoms with Crippen molar-refractivity contribution in [1.29, 1.82) is 0 Å². The molecule has 0 spiro atoms. The highest BCUT2D eigenvalue weighted by atomic mass is 35.5. The third kappa shape index (κ3) is 2.71. The predicted octanol–water partition coefficient (Wildman–Crippen LogP) is 3.04. The van der Waals surface area contributed by atoms with Gasteiger partial charge in [0.05, 0.1) is 10.7 Å². The quantitative estimate of drug-likeness (QED) is 0.744. The maximum atomic E-state index is 6.27. The fraction of sp³-hybridized carbons (Fsp3) is 0.727. The zero-order chi connectivity index (χ0) is 10.8. The van der Waals surface area contributed by atoms with Crippen molar-refractivity contribution in [3.05, 3.63) is 16.1 Å². The molecular weight excluding hydrogens is 228 g/mol. The summed E-state index contributed by atoms with van der Waals surface area (Å²) in [6.45, 7) is 6.38. The van der Waals surface area contributed by atoms with Gasteiger partial charge in [-0.3, -0.25) is 4.90 Å². The van der Waals surface area contributed by atoms with Crippen LogP contribution in [-0.4, -0.2) is 27.8 Å². The van der Waals surface area contributed by atoms with E-state index in [1.807, 2.05) is 0 Å². The number of likely N-dealkylation sites (tertiary alicyclic amines) is 1. The van der Waals surface area contributed by atoms with Crippen LogP contribution in [0.1, 0.15) is 30.5 Å². The highest BCUT2D eigenvalue weighted by molar-refractivity contribution is 7.09. The van der Waals surface area contributed by atoms with E-state index >= 15 is 0 Å². The van der Waals surface area contributed by atoms with Gasteiger partial charge in [-0.1, -0.05) is 0 Å². The lowest BCUT2D eigenvalue weighted by Gasteiger charge is -2.36. The Morgan fingerprint density at radius 2 is 2.47 bits per heavy atom. The highest BCUT2D eigenvalue weighted by Crippen LogP contribution is 2.24. The summed E-state index contributed by atoms with van der Waals surface area (Å²) in [4.78, 5) is 6.94. The summed E-state index contributed by atoms with van der Waals surface area (Å²) in [5, 5.41) is 3.61. The van der Waals surface area contributed by atoms with Crippen LogP contribution >= 0.6 is 22.9 Å². The first kappa shape index (κ1) is 11.4. The number of piperidine rings is 1. The molecule has 1 aromatic rings. The highest BCUT2D eigenvalue weighted by Gasteiger charge is 2.26. The standard InChI is InChI=1S/C11H17ClN2S/c1-8-11(12)4-3-5-14(8)6-10-7-15-9(2)13-10/h7-8,11H,3-6H2,1-2H3. The van der Waals surface area contributed by atoms with Crippen LogP contribution in [0.2, 0.25) is 0 Å². The largest absolute Gasteiger partial charge is 0.293 e. The minimum absolute atomic E-state index is 0.304. The van der Waals surface area contributed by atoms with Gasteiger partial charge < -0.3 is 0 Å². The average molecular weight is 245 g/mol. The molecule has 84 valence electrons. The van der Waals surface area contributed by atoms with E-state index in [1.54, 1.807) is 11.3 Å². The number of rotatable bonds is 2. The predicted molar refractivity (Wildman–Crippen MR) is 65.6 cm³/mol. The van der Waals surface area contributed by atoms with Gasteiger partial charge in [-0.05, 0) is 33.2 Å². The SMILES string of the molecule is Cc1nc(CN2CCCC(Cl)C2C)cs1. The third-order valence-electron chi connectivity index (χ3n) is 3.06. The smallest absolute Gasteiger partial charge is 0.0897 e. The summed E-state index contributed by atoms with van der Waals surface area (Å²) in [5.74, 6) is 0. The van der Waals surface area contributed by atoms with Crippen molar-refractivity contribution in [1.82, 2.24) is 9.88 Å². The van der Waals surface area contributed by atoms with E-state index in [0.29, 0.717) is 11.4 Å². The van der Waals surface area contributed by atoms with Crippen molar-refractivity contribution in [2.45, 2.75) is 44.7 Å². The van der Waals surface area contributed by atoms with Crippen LogP contribution in [-0.2, 0) is 6.54 Å². The Labute approximate surface area is 100 Å². The zero-order valence-corrected chi connectivity index (χ0v) is 10.8. The Balaban J connectivity index is 1.99. The minimum Gasteiger partial charge on any atom is -0.293 e. The van der Waals surface area contributed by atoms with E-state index in [9.17, 15) is 0 Å². The summed E-state index contributed by atoms with van der Waals surface area (Å²) >= 11 is 8.00. The van der Waals surface area contributed by atoms with Gasteiger partial charge in [0.1, 0.15) is 0 Å². The van der Waals surface area contributed by atoms with E-state index in [4.69, 9.17) is 11.6 Å². The molecule has 4 heteroatoms. The van der Waals surface area contributed by atoms with Crippen LogP contribution in [0.15, 0.2) is 5.38 Å².